The molecule has 0 aliphatic carbocycles. The Hall–Kier alpha value is -2.59. The van der Waals surface area contributed by atoms with Crippen LogP contribution in [0.25, 0.3) is 11.1 Å². The largest absolute Gasteiger partial charge is 0.305 e. The van der Waals surface area contributed by atoms with Gasteiger partial charge in [0.15, 0.2) is 0 Å². The molecule has 1 aliphatic heterocycles. The topological polar surface area (TPSA) is 15.3 Å². The van der Waals surface area contributed by atoms with E-state index in [-0.39, 0.29) is 11.9 Å². The Labute approximate surface area is 154 Å². The van der Waals surface area contributed by atoms with Gasteiger partial charge in [0.05, 0.1) is 11.7 Å². The fourth-order valence-corrected chi connectivity index (χ4v) is 3.38. The molecule has 0 saturated carbocycles. The summed E-state index contributed by atoms with van der Waals surface area (Å²) in [6, 6.07) is 23.0. The maximum atomic E-state index is 14.3. The van der Waals surface area contributed by atoms with Crippen molar-refractivity contribution in [2.24, 2.45) is 0 Å². The molecule has 0 bridgehead atoms. The minimum Gasteiger partial charge on any atom is -0.305 e. The van der Waals surface area contributed by atoms with E-state index in [1.807, 2.05) is 54.7 Å². The monoisotopic (exact) mass is 394 g/mol. The van der Waals surface area contributed by atoms with Gasteiger partial charge in [-0.25, -0.2) is 4.39 Å². The van der Waals surface area contributed by atoms with Gasteiger partial charge in [0.25, 0.3) is 0 Å². The SMILES string of the molecule is Fc1ccccc1-c1ccccc1N1NC=CC1c1ccc(Br)cc1. The highest BCUT2D eigenvalue weighted by Crippen LogP contribution is 2.37. The Bertz CT molecular complexity index is 921. The van der Waals surface area contributed by atoms with Crippen molar-refractivity contribution < 1.29 is 4.39 Å². The second-order valence-corrected chi connectivity index (χ2v) is 6.77. The average molecular weight is 395 g/mol. The number of para-hydroxylation sites is 1. The number of benzene rings is 3. The van der Waals surface area contributed by atoms with E-state index in [9.17, 15) is 4.39 Å². The highest BCUT2D eigenvalue weighted by Gasteiger charge is 2.24. The van der Waals surface area contributed by atoms with E-state index in [1.54, 1.807) is 6.07 Å². The molecule has 0 saturated heterocycles. The van der Waals surface area contributed by atoms with Crippen molar-refractivity contribution in [2.45, 2.75) is 6.04 Å². The third-order valence-electron chi connectivity index (χ3n) is 4.31. The summed E-state index contributed by atoms with van der Waals surface area (Å²) in [5, 5.41) is 2.06. The Balaban J connectivity index is 1.77. The maximum Gasteiger partial charge on any atom is 0.131 e. The number of halogens is 2. The molecule has 124 valence electrons. The van der Waals surface area contributed by atoms with Gasteiger partial charge in [-0.05, 0) is 35.9 Å². The van der Waals surface area contributed by atoms with Gasteiger partial charge in [-0.3, -0.25) is 5.01 Å². The molecule has 0 radical (unpaired) electrons. The van der Waals surface area contributed by atoms with Gasteiger partial charge in [0, 0.05) is 21.8 Å². The summed E-state index contributed by atoms with van der Waals surface area (Å²) in [5.74, 6) is -0.220. The average Bonchev–Trinajstić information content (AvgIpc) is 3.12. The molecule has 1 heterocycles. The molecular weight excluding hydrogens is 379 g/mol. The molecule has 0 fully saturated rings. The molecule has 2 nitrogen and oxygen atoms in total. The summed E-state index contributed by atoms with van der Waals surface area (Å²) in [5.41, 5.74) is 6.84. The van der Waals surface area contributed by atoms with E-state index in [0.29, 0.717) is 5.56 Å². The van der Waals surface area contributed by atoms with E-state index < -0.39 is 0 Å². The van der Waals surface area contributed by atoms with Crippen molar-refractivity contribution in [3.63, 3.8) is 0 Å². The van der Waals surface area contributed by atoms with Gasteiger partial charge < -0.3 is 5.43 Å². The van der Waals surface area contributed by atoms with Gasteiger partial charge >= 0.3 is 0 Å². The Kier molecular flexibility index (Phi) is 4.28. The summed E-state index contributed by atoms with van der Waals surface area (Å²) in [6.45, 7) is 0. The van der Waals surface area contributed by atoms with Crippen LogP contribution in [0.3, 0.4) is 0 Å². The lowest BCUT2D eigenvalue weighted by atomic mass is 10.0. The first kappa shape index (κ1) is 15.9. The molecule has 0 aromatic heterocycles. The van der Waals surface area contributed by atoms with Crippen molar-refractivity contribution in [1.82, 2.24) is 5.43 Å². The highest BCUT2D eigenvalue weighted by atomic mass is 79.9. The summed E-state index contributed by atoms with van der Waals surface area (Å²) in [6.07, 6.45) is 4.02. The number of rotatable bonds is 3. The van der Waals surface area contributed by atoms with Gasteiger partial charge in [-0.1, -0.05) is 64.5 Å². The van der Waals surface area contributed by atoms with E-state index in [0.717, 1.165) is 21.3 Å². The van der Waals surface area contributed by atoms with Crippen LogP contribution in [0, 0.1) is 5.82 Å². The molecule has 0 spiro atoms. The number of nitrogens with zero attached hydrogens (tertiary/aromatic N) is 1. The molecule has 3 aromatic carbocycles. The zero-order valence-electron chi connectivity index (χ0n) is 13.4. The molecule has 1 aliphatic rings. The van der Waals surface area contributed by atoms with E-state index in [1.165, 1.54) is 6.07 Å². The standard InChI is InChI=1S/C21H16BrFN2/c22-16-11-9-15(10-12-16)20-13-14-24-25(20)21-8-4-2-6-18(21)17-5-1-3-7-19(17)23/h1-14,20,24H. The van der Waals surface area contributed by atoms with Crippen LogP contribution in [0.2, 0.25) is 0 Å². The Morgan fingerprint density at radius 3 is 2.28 bits per heavy atom. The van der Waals surface area contributed by atoms with E-state index in [4.69, 9.17) is 0 Å². The van der Waals surface area contributed by atoms with E-state index in [2.05, 4.69) is 44.6 Å². The number of hydrazine groups is 1. The number of anilines is 1. The molecular formula is C21H16BrFN2. The molecule has 4 heteroatoms. The molecule has 1 N–H and O–H groups in total. The summed E-state index contributed by atoms with van der Waals surface area (Å²) >= 11 is 3.48. The van der Waals surface area contributed by atoms with Crippen molar-refractivity contribution in [3.8, 4) is 11.1 Å². The summed E-state index contributed by atoms with van der Waals surface area (Å²) in [7, 11) is 0. The van der Waals surface area contributed by atoms with Gasteiger partial charge in [0.2, 0.25) is 0 Å². The van der Waals surface area contributed by atoms with Crippen molar-refractivity contribution in [1.29, 1.82) is 0 Å². The van der Waals surface area contributed by atoms with Crippen LogP contribution in [0.1, 0.15) is 11.6 Å². The molecule has 1 atom stereocenters. The summed E-state index contributed by atoms with van der Waals surface area (Å²) in [4.78, 5) is 0. The van der Waals surface area contributed by atoms with Gasteiger partial charge in [-0.2, -0.15) is 0 Å². The van der Waals surface area contributed by atoms with Crippen molar-refractivity contribution in [2.75, 3.05) is 5.01 Å². The van der Waals surface area contributed by atoms with Crippen LogP contribution in [0.15, 0.2) is 89.5 Å². The van der Waals surface area contributed by atoms with Crippen molar-refractivity contribution >= 4 is 21.6 Å². The lowest BCUT2D eigenvalue weighted by Gasteiger charge is -2.29. The van der Waals surface area contributed by atoms with Gasteiger partial charge in [-0.15, -0.1) is 0 Å². The highest BCUT2D eigenvalue weighted by molar-refractivity contribution is 9.10. The third kappa shape index (κ3) is 3.05. The molecule has 0 amide bonds. The van der Waals surface area contributed by atoms with Crippen LogP contribution in [-0.4, -0.2) is 0 Å². The normalized spacial score (nSPS) is 16.1. The Morgan fingerprint density at radius 2 is 1.52 bits per heavy atom. The van der Waals surface area contributed by atoms with Crippen LogP contribution < -0.4 is 10.4 Å². The van der Waals surface area contributed by atoms with Crippen LogP contribution in [0.5, 0.6) is 0 Å². The molecule has 3 aromatic rings. The van der Waals surface area contributed by atoms with Crippen LogP contribution in [-0.2, 0) is 0 Å². The fraction of sp³-hybridized carbons (Fsp3) is 0.0476. The van der Waals surface area contributed by atoms with Gasteiger partial charge in [0.1, 0.15) is 5.82 Å². The lowest BCUT2D eigenvalue weighted by molar-refractivity contribution is 0.631. The smallest absolute Gasteiger partial charge is 0.131 e. The lowest BCUT2D eigenvalue weighted by Crippen LogP contribution is -2.32. The molecule has 4 rings (SSSR count). The van der Waals surface area contributed by atoms with Crippen LogP contribution in [0.4, 0.5) is 10.1 Å². The first-order chi connectivity index (χ1) is 12.2. The minimum atomic E-state index is -0.220. The zero-order valence-corrected chi connectivity index (χ0v) is 14.9. The van der Waals surface area contributed by atoms with E-state index >= 15 is 0 Å². The zero-order chi connectivity index (χ0) is 17.2. The minimum absolute atomic E-state index is 0.0426. The first-order valence-corrected chi connectivity index (χ1v) is 8.85. The number of hydrogen-bond donors (Lipinski definition) is 1. The van der Waals surface area contributed by atoms with Crippen LogP contribution >= 0.6 is 15.9 Å². The quantitative estimate of drug-likeness (QED) is 0.600. The maximum absolute atomic E-state index is 14.3. The second-order valence-electron chi connectivity index (χ2n) is 5.85. The molecule has 1 unspecified atom stereocenters. The molecule has 25 heavy (non-hydrogen) atoms. The second kappa shape index (κ2) is 6.73. The van der Waals surface area contributed by atoms with Crippen molar-refractivity contribution in [3.05, 3.63) is 101 Å². The predicted octanol–water partition coefficient (Wildman–Crippen LogP) is 5.83. The number of hydrogen-bond acceptors (Lipinski definition) is 2. The first-order valence-electron chi connectivity index (χ1n) is 8.05. The number of nitrogens with one attached hydrogen (secondary N) is 1. The fourth-order valence-electron chi connectivity index (χ4n) is 3.11. The third-order valence-corrected chi connectivity index (χ3v) is 4.84. The predicted molar refractivity (Wildman–Crippen MR) is 103 cm³/mol. The summed E-state index contributed by atoms with van der Waals surface area (Å²) < 4.78 is 15.4. The Morgan fingerprint density at radius 1 is 0.840 bits per heavy atom.